The number of benzene rings is 1. The van der Waals surface area contributed by atoms with Crippen LogP contribution in [0.15, 0.2) is 41.8 Å². The van der Waals surface area contributed by atoms with Crippen molar-refractivity contribution in [2.24, 2.45) is 12.8 Å². The number of para-hydroxylation sites is 1. The van der Waals surface area contributed by atoms with Gasteiger partial charge in [-0.05, 0) is 12.5 Å². The summed E-state index contributed by atoms with van der Waals surface area (Å²) in [5.41, 5.74) is 6.72. The number of rotatable bonds is 7. The maximum atomic E-state index is 5.76. The first kappa shape index (κ1) is 14.0. The summed E-state index contributed by atoms with van der Waals surface area (Å²) in [4.78, 5) is 4.27. The summed E-state index contributed by atoms with van der Waals surface area (Å²) in [5.74, 6) is 1.89. The second-order valence-corrected chi connectivity index (χ2v) is 5.25. The SMILES string of the molecule is Cn1ccnc1SCCCOc1ccccc1CN. The van der Waals surface area contributed by atoms with Crippen molar-refractivity contribution >= 4 is 11.8 Å². The Hall–Kier alpha value is -1.46. The van der Waals surface area contributed by atoms with Gasteiger partial charge in [-0.1, -0.05) is 30.0 Å². The molecule has 0 saturated carbocycles. The molecule has 0 aliphatic rings. The Balaban J connectivity index is 1.71. The van der Waals surface area contributed by atoms with Gasteiger partial charge in [0.25, 0.3) is 0 Å². The van der Waals surface area contributed by atoms with Gasteiger partial charge in [-0.15, -0.1) is 0 Å². The van der Waals surface area contributed by atoms with Crippen molar-refractivity contribution in [2.45, 2.75) is 18.1 Å². The van der Waals surface area contributed by atoms with Gasteiger partial charge >= 0.3 is 0 Å². The predicted molar refractivity (Wildman–Crippen MR) is 78.4 cm³/mol. The van der Waals surface area contributed by atoms with Gasteiger partial charge in [0.15, 0.2) is 5.16 Å². The second-order valence-electron chi connectivity index (χ2n) is 4.18. The molecule has 5 heteroatoms. The highest BCUT2D eigenvalue weighted by Gasteiger charge is 2.02. The first-order chi connectivity index (χ1) is 9.31. The number of thioether (sulfide) groups is 1. The van der Waals surface area contributed by atoms with Crippen LogP contribution in [-0.4, -0.2) is 21.9 Å². The van der Waals surface area contributed by atoms with Crippen LogP contribution in [0.25, 0.3) is 0 Å². The molecule has 1 aromatic carbocycles. The fraction of sp³-hybridized carbons (Fsp3) is 0.357. The molecule has 0 fully saturated rings. The summed E-state index contributed by atoms with van der Waals surface area (Å²) in [6, 6.07) is 7.91. The standard InChI is InChI=1S/C14H19N3OS/c1-17-8-7-16-14(17)19-10-4-9-18-13-6-3-2-5-12(13)11-15/h2-3,5-8H,4,9-11,15H2,1H3. The molecule has 0 radical (unpaired) electrons. The van der Waals surface area contributed by atoms with Crippen LogP contribution < -0.4 is 10.5 Å². The number of nitrogens with zero attached hydrogens (tertiary/aromatic N) is 2. The molecular weight excluding hydrogens is 258 g/mol. The minimum Gasteiger partial charge on any atom is -0.493 e. The van der Waals surface area contributed by atoms with Crippen LogP contribution in [0.1, 0.15) is 12.0 Å². The lowest BCUT2D eigenvalue weighted by molar-refractivity contribution is 0.315. The quantitative estimate of drug-likeness (QED) is 0.624. The lowest BCUT2D eigenvalue weighted by Gasteiger charge is -2.09. The van der Waals surface area contributed by atoms with Crippen LogP contribution in [-0.2, 0) is 13.6 Å². The highest BCUT2D eigenvalue weighted by Crippen LogP contribution is 2.18. The van der Waals surface area contributed by atoms with Crippen molar-refractivity contribution in [1.82, 2.24) is 9.55 Å². The number of aryl methyl sites for hydroxylation is 1. The number of nitrogens with two attached hydrogens (primary N) is 1. The fourth-order valence-corrected chi connectivity index (χ4v) is 2.55. The second kappa shape index (κ2) is 7.21. The van der Waals surface area contributed by atoms with E-state index < -0.39 is 0 Å². The average molecular weight is 277 g/mol. The number of hydrogen-bond acceptors (Lipinski definition) is 4. The van der Waals surface area contributed by atoms with Gasteiger partial charge in [-0.2, -0.15) is 0 Å². The molecule has 0 spiro atoms. The van der Waals surface area contributed by atoms with Gasteiger partial charge in [-0.3, -0.25) is 0 Å². The normalized spacial score (nSPS) is 10.6. The van der Waals surface area contributed by atoms with Crippen LogP contribution in [0.5, 0.6) is 5.75 Å². The summed E-state index contributed by atoms with van der Waals surface area (Å²) < 4.78 is 7.78. The minimum atomic E-state index is 0.512. The smallest absolute Gasteiger partial charge is 0.167 e. The van der Waals surface area contributed by atoms with Gasteiger partial charge in [0.2, 0.25) is 0 Å². The Bertz CT molecular complexity index is 513. The molecule has 0 aliphatic carbocycles. The van der Waals surface area contributed by atoms with Crippen molar-refractivity contribution < 1.29 is 4.74 Å². The van der Waals surface area contributed by atoms with E-state index >= 15 is 0 Å². The molecule has 19 heavy (non-hydrogen) atoms. The third-order valence-electron chi connectivity index (χ3n) is 2.75. The van der Waals surface area contributed by atoms with Crippen LogP contribution in [0, 0.1) is 0 Å². The molecule has 0 aliphatic heterocycles. The average Bonchev–Trinajstić information content (AvgIpc) is 2.84. The third kappa shape index (κ3) is 4.01. The van der Waals surface area contributed by atoms with Gasteiger partial charge in [0.05, 0.1) is 6.61 Å². The van der Waals surface area contributed by atoms with E-state index in [9.17, 15) is 0 Å². The molecule has 0 saturated heterocycles. The van der Waals surface area contributed by atoms with Crippen LogP contribution in [0.4, 0.5) is 0 Å². The Morgan fingerprint density at radius 1 is 1.37 bits per heavy atom. The zero-order chi connectivity index (χ0) is 13.5. The lowest BCUT2D eigenvalue weighted by Crippen LogP contribution is -2.04. The Kier molecular flexibility index (Phi) is 5.30. The molecule has 0 atom stereocenters. The van der Waals surface area contributed by atoms with E-state index in [-0.39, 0.29) is 0 Å². The summed E-state index contributed by atoms with van der Waals surface area (Å²) in [6.45, 7) is 1.21. The molecular formula is C14H19N3OS. The van der Waals surface area contributed by atoms with Crippen LogP contribution >= 0.6 is 11.8 Å². The number of hydrogen-bond donors (Lipinski definition) is 1. The molecule has 1 aromatic heterocycles. The highest BCUT2D eigenvalue weighted by atomic mass is 32.2. The van der Waals surface area contributed by atoms with Crippen molar-refractivity contribution in [1.29, 1.82) is 0 Å². The Morgan fingerprint density at radius 2 is 2.21 bits per heavy atom. The molecule has 0 amide bonds. The topological polar surface area (TPSA) is 53.1 Å². The molecule has 4 nitrogen and oxygen atoms in total. The number of aromatic nitrogens is 2. The van der Waals surface area contributed by atoms with Crippen molar-refractivity contribution in [3.05, 3.63) is 42.2 Å². The van der Waals surface area contributed by atoms with E-state index in [1.807, 2.05) is 48.3 Å². The molecule has 1 heterocycles. The summed E-state index contributed by atoms with van der Waals surface area (Å²) in [5, 5.41) is 1.04. The molecule has 102 valence electrons. The molecule has 2 N–H and O–H groups in total. The van der Waals surface area contributed by atoms with Gasteiger partial charge < -0.3 is 15.0 Å². The van der Waals surface area contributed by atoms with E-state index in [2.05, 4.69) is 4.98 Å². The first-order valence-electron chi connectivity index (χ1n) is 6.32. The van der Waals surface area contributed by atoms with Crippen LogP contribution in [0.2, 0.25) is 0 Å². The van der Waals surface area contributed by atoms with E-state index in [4.69, 9.17) is 10.5 Å². The first-order valence-corrected chi connectivity index (χ1v) is 7.30. The van der Waals surface area contributed by atoms with Crippen molar-refractivity contribution in [3.63, 3.8) is 0 Å². The van der Waals surface area contributed by atoms with E-state index in [0.29, 0.717) is 13.2 Å². The summed E-state index contributed by atoms with van der Waals surface area (Å²) in [7, 11) is 2.00. The Morgan fingerprint density at radius 3 is 2.95 bits per heavy atom. The molecule has 2 aromatic rings. The third-order valence-corrected chi connectivity index (χ3v) is 3.89. The maximum absolute atomic E-state index is 5.76. The molecule has 0 unspecified atom stereocenters. The number of imidazole rings is 1. The lowest BCUT2D eigenvalue weighted by atomic mass is 10.2. The van der Waals surface area contributed by atoms with Crippen LogP contribution in [0.3, 0.4) is 0 Å². The van der Waals surface area contributed by atoms with Gasteiger partial charge in [0.1, 0.15) is 5.75 Å². The van der Waals surface area contributed by atoms with Gasteiger partial charge in [0, 0.05) is 37.3 Å². The molecule has 0 bridgehead atoms. The Labute approximate surface area is 118 Å². The zero-order valence-electron chi connectivity index (χ0n) is 11.1. The zero-order valence-corrected chi connectivity index (χ0v) is 11.9. The highest BCUT2D eigenvalue weighted by molar-refractivity contribution is 7.99. The molecule has 2 rings (SSSR count). The largest absolute Gasteiger partial charge is 0.493 e. The van der Waals surface area contributed by atoms with Crippen molar-refractivity contribution in [3.8, 4) is 5.75 Å². The van der Waals surface area contributed by atoms with Gasteiger partial charge in [-0.25, -0.2) is 4.98 Å². The fourth-order valence-electron chi connectivity index (χ4n) is 1.71. The van der Waals surface area contributed by atoms with Crippen molar-refractivity contribution in [2.75, 3.05) is 12.4 Å². The van der Waals surface area contributed by atoms with E-state index in [1.165, 1.54) is 0 Å². The monoisotopic (exact) mass is 277 g/mol. The minimum absolute atomic E-state index is 0.512. The van der Waals surface area contributed by atoms with E-state index in [1.54, 1.807) is 11.8 Å². The predicted octanol–water partition coefficient (Wildman–Crippen LogP) is 2.44. The summed E-state index contributed by atoms with van der Waals surface area (Å²) >= 11 is 1.75. The number of ether oxygens (including phenoxy) is 1. The maximum Gasteiger partial charge on any atom is 0.167 e. The summed E-state index contributed by atoms with van der Waals surface area (Å²) in [6.07, 6.45) is 4.75. The van der Waals surface area contributed by atoms with E-state index in [0.717, 1.165) is 28.6 Å².